The zero-order chi connectivity index (χ0) is 23.5. The summed E-state index contributed by atoms with van der Waals surface area (Å²) in [4.78, 5) is 47.3. The van der Waals surface area contributed by atoms with E-state index in [0.29, 0.717) is 5.56 Å². The summed E-state index contributed by atoms with van der Waals surface area (Å²) in [6, 6.07) is 13.3. The lowest BCUT2D eigenvalue weighted by Crippen LogP contribution is -2.47. The van der Waals surface area contributed by atoms with Crippen molar-refractivity contribution in [2.24, 2.45) is 0 Å². The van der Waals surface area contributed by atoms with Gasteiger partial charge in [-0.05, 0) is 11.1 Å². The minimum Gasteiger partial charge on any atom is -0.469 e. The van der Waals surface area contributed by atoms with Crippen molar-refractivity contribution in [3.8, 4) is 0 Å². The molecular formula is C22H24N2O8. The lowest BCUT2D eigenvalue weighted by atomic mass is 9.88. The number of nitro groups is 1. The molecule has 0 radical (unpaired) electrons. The van der Waals surface area contributed by atoms with E-state index in [9.17, 15) is 24.5 Å². The fourth-order valence-electron chi connectivity index (χ4n) is 3.04. The quantitative estimate of drug-likeness (QED) is 0.316. The predicted molar refractivity (Wildman–Crippen MR) is 113 cm³/mol. The molecule has 0 spiro atoms. The number of nitrogens with one attached hydrogen (secondary N) is 1. The van der Waals surface area contributed by atoms with Gasteiger partial charge in [0.15, 0.2) is 0 Å². The maximum atomic E-state index is 12.5. The highest BCUT2D eigenvalue weighted by atomic mass is 16.6. The molecule has 0 aromatic heterocycles. The number of carbonyl (C=O) groups excluding carboxylic acids is 3. The minimum atomic E-state index is -1.24. The zero-order valence-electron chi connectivity index (χ0n) is 17.7. The van der Waals surface area contributed by atoms with E-state index in [-0.39, 0.29) is 25.3 Å². The molecule has 1 N–H and O–H groups in total. The molecule has 0 aliphatic carbocycles. The van der Waals surface area contributed by atoms with Crippen LogP contribution in [-0.2, 0) is 35.2 Å². The smallest absolute Gasteiger partial charge is 0.329 e. The Labute approximate surface area is 184 Å². The first-order valence-electron chi connectivity index (χ1n) is 9.65. The Bertz CT molecular complexity index is 931. The molecule has 0 bridgehead atoms. The van der Waals surface area contributed by atoms with E-state index < -0.39 is 34.7 Å². The van der Waals surface area contributed by atoms with Crippen molar-refractivity contribution in [1.82, 2.24) is 5.32 Å². The van der Waals surface area contributed by atoms with E-state index in [0.717, 1.165) is 12.7 Å². The Morgan fingerprint density at radius 2 is 1.66 bits per heavy atom. The number of nitro benzene ring substituents is 1. The molecule has 0 fully saturated rings. The average Bonchev–Trinajstić information content (AvgIpc) is 2.81. The molecule has 2 aromatic carbocycles. The normalized spacial score (nSPS) is 12.3. The van der Waals surface area contributed by atoms with Crippen molar-refractivity contribution < 1.29 is 33.5 Å². The summed E-state index contributed by atoms with van der Waals surface area (Å²) in [5.74, 6) is -2.88. The first-order chi connectivity index (χ1) is 15.3. The third kappa shape index (κ3) is 7.17. The number of carbonyl (C=O) groups is 3. The SMILES string of the molecule is COC(=O)C[C@H](c1ccc([N+](=O)[O-])cc1)[C@H](NC(=O)COCc1ccccc1)C(=O)OC. The summed E-state index contributed by atoms with van der Waals surface area (Å²) < 4.78 is 14.9. The zero-order valence-corrected chi connectivity index (χ0v) is 17.7. The third-order valence-corrected chi connectivity index (χ3v) is 4.66. The first-order valence-corrected chi connectivity index (χ1v) is 9.65. The molecule has 0 heterocycles. The highest BCUT2D eigenvalue weighted by Crippen LogP contribution is 2.27. The Morgan fingerprint density at radius 3 is 2.22 bits per heavy atom. The van der Waals surface area contributed by atoms with Gasteiger partial charge in [0, 0.05) is 18.1 Å². The lowest BCUT2D eigenvalue weighted by molar-refractivity contribution is -0.384. The van der Waals surface area contributed by atoms with Gasteiger partial charge >= 0.3 is 11.9 Å². The minimum absolute atomic E-state index is 0.154. The van der Waals surface area contributed by atoms with Crippen molar-refractivity contribution in [1.29, 1.82) is 0 Å². The summed E-state index contributed by atoms with van der Waals surface area (Å²) in [6.07, 6.45) is -0.265. The fourth-order valence-corrected chi connectivity index (χ4v) is 3.04. The second-order valence-corrected chi connectivity index (χ2v) is 6.78. The number of benzene rings is 2. The summed E-state index contributed by atoms with van der Waals surface area (Å²) in [5, 5.41) is 13.5. The fraction of sp³-hybridized carbons (Fsp3) is 0.318. The molecule has 170 valence electrons. The summed E-state index contributed by atoms with van der Waals surface area (Å²) >= 11 is 0. The molecule has 0 saturated carbocycles. The Hall–Kier alpha value is -3.79. The molecule has 0 aliphatic rings. The average molecular weight is 444 g/mol. The van der Waals surface area contributed by atoms with Crippen LogP contribution in [0.25, 0.3) is 0 Å². The van der Waals surface area contributed by atoms with Crippen LogP contribution in [0.2, 0.25) is 0 Å². The van der Waals surface area contributed by atoms with Crippen LogP contribution in [0.15, 0.2) is 54.6 Å². The van der Waals surface area contributed by atoms with E-state index in [4.69, 9.17) is 14.2 Å². The molecule has 10 nitrogen and oxygen atoms in total. The molecule has 2 rings (SSSR count). The summed E-state index contributed by atoms with van der Waals surface area (Å²) in [7, 11) is 2.34. The maximum absolute atomic E-state index is 12.5. The van der Waals surface area contributed by atoms with Crippen molar-refractivity contribution in [3.63, 3.8) is 0 Å². The predicted octanol–water partition coefficient (Wildman–Crippen LogP) is 2.12. The monoisotopic (exact) mass is 444 g/mol. The topological polar surface area (TPSA) is 134 Å². The molecule has 0 saturated heterocycles. The van der Waals surface area contributed by atoms with Crippen LogP contribution < -0.4 is 5.32 Å². The molecule has 0 aliphatic heterocycles. The van der Waals surface area contributed by atoms with Crippen molar-refractivity contribution in [2.45, 2.75) is 25.0 Å². The number of amides is 1. The van der Waals surface area contributed by atoms with Gasteiger partial charge in [-0.1, -0.05) is 42.5 Å². The van der Waals surface area contributed by atoms with Gasteiger partial charge < -0.3 is 19.5 Å². The molecule has 2 atom stereocenters. The number of methoxy groups -OCH3 is 2. The van der Waals surface area contributed by atoms with Crippen LogP contribution in [-0.4, -0.2) is 49.6 Å². The maximum Gasteiger partial charge on any atom is 0.329 e. The highest BCUT2D eigenvalue weighted by Gasteiger charge is 2.34. The molecular weight excluding hydrogens is 420 g/mol. The number of hydrogen-bond acceptors (Lipinski definition) is 8. The van der Waals surface area contributed by atoms with Gasteiger partial charge in [-0.15, -0.1) is 0 Å². The van der Waals surface area contributed by atoms with Gasteiger partial charge in [0.2, 0.25) is 5.91 Å². The van der Waals surface area contributed by atoms with Gasteiger partial charge in [0.05, 0.1) is 32.2 Å². The number of rotatable bonds is 11. The molecule has 32 heavy (non-hydrogen) atoms. The van der Waals surface area contributed by atoms with Gasteiger partial charge in [-0.25, -0.2) is 4.79 Å². The second kappa shape index (κ2) is 12.2. The largest absolute Gasteiger partial charge is 0.469 e. The van der Waals surface area contributed by atoms with Crippen LogP contribution in [0.4, 0.5) is 5.69 Å². The van der Waals surface area contributed by atoms with Crippen molar-refractivity contribution in [2.75, 3.05) is 20.8 Å². The van der Waals surface area contributed by atoms with Crippen LogP contribution in [0.3, 0.4) is 0 Å². The van der Waals surface area contributed by atoms with E-state index in [1.54, 1.807) is 0 Å². The van der Waals surface area contributed by atoms with E-state index in [1.165, 1.54) is 31.4 Å². The van der Waals surface area contributed by atoms with Crippen molar-refractivity contribution >= 4 is 23.5 Å². The molecule has 2 aromatic rings. The Balaban J connectivity index is 2.17. The molecule has 1 amide bonds. The Morgan fingerprint density at radius 1 is 1.00 bits per heavy atom. The van der Waals surface area contributed by atoms with Crippen LogP contribution >= 0.6 is 0 Å². The summed E-state index contributed by atoms with van der Waals surface area (Å²) in [5.41, 5.74) is 1.14. The second-order valence-electron chi connectivity index (χ2n) is 6.78. The molecule has 10 heteroatoms. The summed E-state index contributed by atoms with van der Waals surface area (Å²) in [6.45, 7) is -0.126. The number of non-ortho nitro benzene ring substituents is 1. The van der Waals surface area contributed by atoms with Gasteiger partial charge in [-0.2, -0.15) is 0 Å². The number of ether oxygens (including phenoxy) is 3. The van der Waals surface area contributed by atoms with E-state index >= 15 is 0 Å². The third-order valence-electron chi connectivity index (χ3n) is 4.66. The van der Waals surface area contributed by atoms with Crippen molar-refractivity contribution in [3.05, 3.63) is 75.8 Å². The standard InChI is InChI=1S/C22H24N2O8/c1-30-20(26)12-18(16-8-10-17(11-9-16)24(28)29)21(22(27)31-2)23-19(25)14-32-13-15-6-4-3-5-7-15/h3-11,18,21H,12-14H2,1-2H3,(H,23,25)/t18-,21+/m1/s1. The lowest BCUT2D eigenvalue weighted by Gasteiger charge is -2.25. The Kier molecular flexibility index (Phi) is 9.30. The first kappa shape index (κ1) is 24.5. The van der Waals surface area contributed by atoms with Gasteiger partial charge in [0.1, 0.15) is 12.6 Å². The van der Waals surface area contributed by atoms with Gasteiger partial charge in [0.25, 0.3) is 5.69 Å². The van der Waals surface area contributed by atoms with E-state index in [1.807, 2.05) is 30.3 Å². The van der Waals surface area contributed by atoms with Crippen LogP contribution in [0.1, 0.15) is 23.5 Å². The van der Waals surface area contributed by atoms with Crippen LogP contribution in [0, 0.1) is 10.1 Å². The number of nitrogens with zero attached hydrogens (tertiary/aromatic N) is 1. The van der Waals surface area contributed by atoms with E-state index in [2.05, 4.69) is 5.32 Å². The number of hydrogen-bond donors (Lipinski definition) is 1. The van der Waals surface area contributed by atoms with Crippen LogP contribution in [0.5, 0.6) is 0 Å². The highest BCUT2D eigenvalue weighted by molar-refractivity contribution is 5.86. The molecule has 0 unspecified atom stereocenters. The van der Waals surface area contributed by atoms with Gasteiger partial charge in [-0.3, -0.25) is 19.7 Å². The number of esters is 2.